The number of carbonyl (C=O) groups excluding carboxylic acids is 1. The molecule has 0 saturated carbocycles. The van der Waals surface area contributed by atoms with Crippen LogP contribution < -0.4 is 0 Å². The number of esters is 1. The van der Waals surface area contributed by atoms with Gasteiger partial charge in [0.15, 0.2) is 0 Å². The zero-order valence-electron chi connectivity index (χ0n) is 11.9. The first-order valence-electron chi connectivity index (χ1n) is 6.70. The normalized spacial score (nSPS) is 34.5. The second-order valence-corrected chi connectivity index (χ2v) is 5.33. The molecule has 2 bridgehead atoms. The molecular weight excluding hydrogens is 268 g/mol. The molecule has 0 N–H and O–H groups in total. The lowest BCUT2D eigenvalue weighted by molar-refractivity contribution is -0.777. The van der Waals surface area contributed by atoms with Crippen molar-refractivity contribution >= 4 is 5.97 Å². The number of hydrogen-bond donors (Lipinski definition) is 0. The van der Waals surface area contributed by atoms with E-state index in [1.54, 1.807) is 7.11 Å². The lowest BCUT2D eigenvalue weighted by atomic mass is 9.87. The molecule has 2 heterocycles. The summed E-state index contributed by atoms with van der Waals surface area (Å²) in [6.45, 7) is 1.33. The Balaban J connectivity index is 2.04. The molecule has 3 unspecified atom stereocenters. The predicted molar refractivity (Wildman–Crippen MR) is 67.1 cm³/mol. The minimum atomic E-state index is -1.21. The van der Waals surface area contributed by atoms with Crippen molar-refractivity contribution < 1.29 is 24.2 Å². The highest BCUT2D eigenvalue weighted by atomic mass is 17.0. The van der Waals surface area contributed by atoms with Crippen molar-refractivity contribution in [3.05, 3.63) is 10.1 Å². The van der Waals surface area contributed by atoms with Crippen LogP contribution in [0.5, 0.6) is 0 Å². The first-order valence-corrected chi connectivity index (χ1v) is 6.70. The standard InChI is InChI=1S/C12H20N2O6/c1-7(20-14(16)17)19-12(15)11-9-5-4-8(13(9)2)6-10(11)18-3/h7-11H,4-6H2,1-3H3/t7?,8-,9?,10+,11?/m1/s1. The summed E-state index contributed by atoms with van der Waals surface area (Å²) in [7, 11) is 3.57. The molecule has 2 rings (SSSR count). The molecule has 2 aliphatic heterocycles. The van der Waals surface area contributed by atoms with Crippen LogP contribution in [0.1, 0.15) is 26.2 Å². The molecule has 0 aromatic rings. The van der Waals surface area contributed by atoms with E-state index in [4.69, 9.17) is 9.47 Å². The number of methoxy groups -OCH3 is 1. The van der Waals surface area contributed by atoms with Gasteiger partial charge >= 0.3 is 5.97 Å². The highest BCUT2D eigenvalue weighted by Gasteiger charge is 2.50. The van der Waals surface area contributed by atoms with Crippen molar-refractivity contribution in [3.63, 3.8) is 0 Å². The molecular formula is C12H20N2O6. The third-order valence-electron chi connectivity index (χ3n) is 4.31. The quantitative estimate of drug-likeness (QED) is 0.316. The Morgan fingerprint density at radius 3 is 2.75 bits per heavy atom. The van der Waals surface area contributed by atoms with Crippen LogP contribution in [-0.2, 0) is 19.1 Å². The topological polar surface area (TPSA) is 91.1 Å². The molecule has 0 radical (unpaired) electrons. The Morgan fingerprint density at radius 2 is 2.15 bits per heavy atom. The molecule has 20 heavy (non-hydrogen) atoms. The van der Waals surface area contributed by atoms with Crippen molar-refractivity contribution in [1.29, 1.82) is 0 Å². The zero-order valence-corrected chi connectivity index (χ0v) is 11.9. The van der Waals surface area contributed by atoms with E-state index >= 15 is 0 Å². The molecule has 0 aromatic carbocycles. The van der Waals surface area contributed by atoms with Crippen LogP contribution in [-0.4, -0.2) is 54.6 Å². The maximum Gasteiger partial charge on any atom is 0.315 e. The molecule has 2 saturated heterocycles. The van der Waals surface area contributed by atoms with Crippen LogP contribution in [0.3, 0.4) is 0 Å². The Hall–Kier alpha value is -1.41. The van der Waals surface area contributed by atoms with Gasteiger partial charge in [-0.3, -0.25) is 14.5 Å². The number of rotatable bonds is 5. The number of piperidine rings is 1. The van der Waals surface area contributed by atoms with Gasteiger partial charge in [0, 0.05) is 19.2 Å². The fourth-order valence-corrected chi connectivity index (χ4v) is 3.36. The largest absolute Gasteiger partial charge is 0.435 e. The highest BCUT2D eigenvalue weighted by molar-refractivity contribution is 5.74. The summed E-state index contributed by atoms with van der Waals surface area (Å²) in [4.78, 5) is 28.9. The molecule has 0 amide bonds. The summed E-state index contributed by atoms with van der Waals surface area (Å²) in [5, 5.41) is 9.26. The smallest absolute Gasteiger partial charge is 0.315 e. The molecule has 2 fully saturated rings. The molecule has 0 aliphatic carbocycles. The third-order valence-corrected chi connectivity index (χ3v) is 4.31. The number of ether oxygens (including phenoxy) is 2. The Morgan fingerprint density at radius 1 is 1.45 bits per heavy atom. The van der Waals surface area contributed by atoms with Crippen LogP contribution in [0.15, 0.2) is 0 Å². The lowest BCUT2D eigenvalue weighted by Crippen LogP contribution is -2.53. The Kier molecular flexibility index (Phi) is 4.44. The fourth-order valence-electron chi connectivity index (χ4n) is 3.36. The SMILES string of the molecule is CO[C@H]1C[C@H]2CCC(C1C(=O)OC(C)O[N+](=O)[O-])N2C. The second-order valence-electron chi connectivity index (χ2n) is 5.33. The van der Waals surface area contributed by atoms with E-state index in [9.17, 15) is 14.9 Å². The predicted octanol–water partition coefficient (Wildman–Crippen LogP) is 0.582. The van der Waals surface area contributed by atoms with Gasteiger partial charge in [0.2, 0.25) is 6.29 Å². The second kappa shape index (κ2) is 5.92. The van der Waals surface area contributed by atoms with E-state index in [0.717, 1.165) is 19.3 Å². The van der Waals surface area contributed by atoms with E-state index in [-0.39, 0.29) is 12.1 Å². The van der Waals surface area contributed by atoms with Gasteiger partial charge in [0.25, 0.3) is 5.09 Å². The van der Waals surface area contributed by atoms with Crippen LogP contribution in [0, 0.1) is 16.0 Å². The van der Waals surface area contributed by atoms with E-state index in [1.807, 2.05) is 7.05 Å². The molecule has 8 nitrogen and oxygen atoms in total. The summed E-state index contributed by atoms with van der Waals surface area (Å²) in [5.41, 5.74) is 0. The number of nitrogens with zero attached hydrogens (tertiary/aromatic N) is 2. The summed E-state index contributed by atoms with van der Waals surface area (Å²) in [5.74, 6) is -0.926. The van der Waals surface area contributed by atoms with E-state index < -0.39 is 23.3 Å². The fraction of sp³-hybridized carbons (Fsp3) is 0.917. The average Bonchev–Trinajstić information content (AvgIpc) is 2.61. The van der Waals surface area contributed by atoms with Gasteiger partial charge in [-0.2, -0.15) is 0 Å². The molecule has 0 aromatic heterocycles. The lowest BCUT2D eigenvalue weighted by Gasteiger charge is -2.41. The van der Waals surface area contributed by atoms with Gasteiger partial charge in [-0.05, 0) is 33.2 Å². The summed E-state index contributed by atoms with van der Waals surface area (Å²) < 4.78 is 10.4. The Bertz CT molecular complexity index is 390. The van der Waals surface area contributed by atoms with Crippen molar-refractivity contribution in [2.75, 3.05) is 14.2 Å². The number of hydrogen-bond acceptors (Lipinski definition) is 7. The maximum atomic E-state index is 12.3. The maximum absolute atomic E-state index is 12.3. The average molecular weight is 288 g/mol. The van der Waals surface area contributed by atoms with Crippen LogP contribution in [0.2, 0.25) is 0 Å². The van der Waals surface area contributed by atoms with E-state index in [2.05, 4.69) is 9.74 Å². The summed E-state index contributed by atoms with van der Waals surface area (Å²) in [6.07, 6.45) is 1.29. The zero-order chi connectivity index (χ0) is 14.9. The van der Waals surface area contributed by atoms with Gasteiger partial charge in [0.05, 0.1) is 12.0 Å². The van der Waals surface area contributed by atoms with E-state index in [1.165, 1.54) is 6.92 Å². The van der Waals surface area contributed by atoms with Gasteiger partial charge < -0.3 is 9.47 Å². The van der Waals surface area contributed by atoms with Gasteiger partial charge in [0.1, 0.15) is 0 Å². The van der Waals surface area contributed by atoms with Crippen LogP contribution >= 0.6 is 0 Å². The number of fused-ring (bicyclic) bond motifs is 2. The van der Waals surface area contributed by atoms with Crippen molar-refractivity contribution in [2.24, 2.45) is 5.92 Å². The first-order chi connectivity index (χ1) is 9.43. The summed E-state index contributed by atoms with van der Waals surface area (Å²) >= 11 is 0. The monoisotopic (exact) mass is 288 g/mol. The molecule has 5 atom stereocenters. The van der Waals surface area contributed by atoms with Crippen molar-refractivity contribution in [2.45, 2.75) is 50.7 Å². The molecule has 114 valence electrons. The Labute approximate surface area is 117 Å². The number of carbonyl (C=O) groups is 1. The molecule has 0 spiro atoms. The summed E-state index contributed by atoms with van der Waals surface area (Å²) in [6, 6.07) is 0.496. The van der Waals surface area contributed by atoms with Crippen LogP contribution in [0.4, 0.5) is 0 Å². The highest BCUT2D eigenvalue weighted by Crippen LogP contribution is 2.39. The molecule has 2 aliphatic rings. The van der Waals surface area contributed by atoms with Gasteiger partial charge in [-0.15, -0.1) is 10.1 Å². The van der Waals surface area contributed by atoms with Crippen LogP contribution in [0.25, 0.3) is 0 Å². The third kappa shape index (κ3) is 2.85. The van der Waals surface area contributed by atoms with E-state index in [0.29, 0.717) is 6.04 Å². The van der Waals surface area contributed by atoms with Crippen molar-refractivity contribution in [3.8, 4) is 0 Å². The first kappa shape index (κ1) is 15.0. The minimum absolute atomic E-state index is 0.0639. The minimum Gasteiger partial charge on any atom is -0.435 e. The van der Waals surface area contributed by atoms with Gasteiger partial charge in [-0.1, -0.05) is 0 Å². The van der Waals surface area contributed by atoms with Gasteiger partial charge in [-0.25, -0.2) is 0 Å². The van der Waals surface area contributed by atoms with Crippen molar-refractivity contribution in [1.82, 2.24) is 4.90 Å². The molecule has 8 heteroatoms.